The summed E-state index contributed by atoms with van der Waals surface area (Å²) in [7, 11) is 0. The number of rotatable bonds is 4. The third-order valence-electron chi connectivity index (χ3n) is 3.54. The average Bonchev–Trinajstić information content (AvgIpc) is 2.83. The van der Waals surface area contributed by atoms with Crippen LogP contribution >= 0.6 is 0 Å². The largest absolute Gasteiger partial charge is 0.337 e. The molecule has 98 valence electrons. The summed E-state index contributed by atoms with van der Waals surface area (Å²) in [6.45, 7) is 6.10. The van der Waals surface area contributed by atoms with Crippen LogP contribution < -0.4 is 16.0 Å². The molecule has 1 atom stereocenters. The summed E-state index contributed by atoms with van der Waals surface area (Å²) in [6, 6.07) is 0.286. The molecule has 0 aliphatic carbocycles. The van der Waals surface area contributed by atoms with Crippen molar-refractivity contribution in [3.05, 3.63) is 0 Å². The SMILES string of the molecule is O=C(NCCN1CCCC1)NC1CCCNC1. The number of likely N-dealkylation sites (tertiary alicyclic amines) is 1. The molecule has 0 saturated carbocycles. The second-order valence-corrected chi connectivity index (χ2v) is 4.99. The Morgan fingerprint density at radius 1 is 1.29 bits per heavy atom. The first-order valence-corrected chi connectivity index (χ1v) is 6.82. The van der Waals surface area contributed by atoms with Crippen LogP contribution in [0.15, 0.2) is 0 Å². The maximum absolute atomic E-state index is 11.6. The van der Waals surface area contributed by atoms with Gasteiger partial charge in [0.2, 0.25) is 0 Å². The predicted molar refractivity (Wildman–Crippen MR) is 68.1 cm³/mol. The number of hydrogen-bond acceptors (Lipinski definition) is 3. The van der Waals surface area contributed by atoms with Crippen LogP contribution in [0.2, 0.25) is 0 Å². The Hall–Kier alpha value is -0.810. The van der Waals surface area contributed by atoms with E-state index in [1.54, 1.807) is 0 Å². The minimum Gasteiger partial charge on any atom is -0.337 e. The van der Waals surface area contributed by atoms with Crippen LogP contribution in [0.5, 0.6) is 0 Å². The summed E-state index contributed by atoms with van der Waals surface area (Å²) in [5.74, 6) is 0. The number of urea groups is 1. The van der Waals surface area contributed by atoms with Crippen LogP contribution in [0.4, 0.5) is 4.79 Å². The standard InChI is InChI=1S/C12H24N4O/c17-12(15-11-4-3-5-13-10-11)14-6-9-16-7-1-2-8-16/h11,13H,1-10H2,(H2,14,15,17). The van der Waals surface area contributed by atoms with Gasteiger partial charge in [-0.2, -0.15) is 0 Å². The third-order valence-corrected chi connectivity index (χ3v) is 3.54. The summed E-state index contributed by atoms with van der Waals surface area (Å²) in [5, 5.41) is 9.24. The van der Waals surface area contributed by atoms with Crippen molar-refractivity contribution < 1.29 is 4.79 Å². The van der Waals surface area contributed by atoms with E-state index < -0.39 is 0 Å². The molecule has 0 bridgehead atoms. The Labute approximate surface area is 103 Å². The minimum absolute atomic E-state index is 0.0158. The number of carbonyl (C=O) groups excluding carboxylic acids is 1. The van der Waals surface area contributed by atoms with Crippen molar-refractivity contribution in [2.24, 2.45) is 0 Å². The topological polar surface area (TPSA) is 56.4 Å². The van der Waals surface area contributed by atoms with Crippen molar-refractivity contribution in [3.63, 3.8) is 0 Å². The van der Waals surface area contributed by atoms with Gasteiger partial charge in [0.05, 0.1) is 0 Å². The van der Waals surface area contributed by atoms with Crippen LogP contribution in [-0.2, 0) is 0 Å². The molecule has 2 heterocycles. The van der Waals surface area contributed by atoms with E-state index in [1.165, 1.54) is 25.9 Å². The van der Waals surface area contributed by atoms with Gasteiger partial charge < -0.3 is 20.9 Å². The van der Waals surface area contributed by atoms with Gasteiger partial charge in [-0.1, -0.05) is 0 Å². The van der Waals surface area contributed by atoms with Gasteiger partial charge in [0.25, 0.3) is 0 Å². The fourth-order valence-electron chi connectivity index (χ4n) is 2.55. The third kappa shape index (κ3) is 4.52. The zero-order valence-corrected chi connectivity index (χ0v) is 10.5. The first-order chi connectivity index (χ1) is 8.34. The lowest BCUT2D eigenvalue weighted by atomic mass is 10.1. The van der Waals surface area contributed by atoms with Gasteiger partial charge in [-0.05, 0) is 45.3 Å². The van der Waals surface area contributed by atoms with E-state index in [9.17, 15) is 4.79 Å². The zero-order chi connectivity index (χ0) is 11.9. The molecule has 2 aliphatic heterocycles. The molecule has 3 N–H and O–H groups in total. The van der Waals surface area contributed by atoms with Crippen molar-refractivity contribution in [1.82, 2.24) is 20.9 Å². The highest BCUT2D eigenvalue weighted by Gasteiger charge is 2.15. The van der Waals surface area contributed by atoms with Crippen molar-refractivity contribution in [3.8, 4) is 0 Å². The Balaban J connectivity index is 1.53. The van der Waals surface area contributed by atoms with E-state index in [4.69, 9.17) is 0 Å². The summed E-state index contributed by atoms with van der Waals surface area (Å²) < 4.78 is 0. The fraction of sp³-hybridized carbons (Fsp3) is 0.917. The lowest BCUT2D eigenvalue weighted by Crippen LogP contribution is -2.50. The molecule has 0 radical (unpaired) electrons. The van der Waals surface area contributed by atoms with E-state index in [0.717, 1.165) is 39.0 Å². The number of nitrogens with one attached hydrogen (secondary N) is 3. The van der Waals surface area contributed by atoms with Crippen LogP contribution in [0, 0.1) is 0 Å². The zero-order valence-electron chi connectivity index (χ0n) is 10.5. The minimum atomic E-state index is -0.0158. The molecule has 0 spiro atoms. The van der Waals surface area contributed by atoms with Crippen LogP contribution in [-0.4, -0.2) is 56.2 Å². The van der Waals surface area contributed by atoms with Gasteiger partial charge in [-0.25, -0.2) is 4.79 Å². The van der Waals surface area contributed by atoms with Crippen LogP contribution in [0.25, 0.3) is 0 Å². The highest BCUT2D eigenvalue weighted by Crippen LogP contribution is 2.05. The maximum Gasteiger partial charge on any atom is 0.315 e. The normalized spacial score (nSPS) is 25.8. The maximum atomic E-state index is 11.6. The molecule has 2 rings (SSSR count). The summed E-state index contributed by atoms with van der Waals surface area (Å²) in [5.41, 5.74) is 0. The number of carbonyl (C=O) groups is 1. The Bertz CT molecular complexity index is 235. The molecule has 0 aromatic rings. The molecular formula is C12H24N4O. The smallest absolute Gasteiger partial charge is 0.315 e. The van der Waals surface area contributed by atoms with Crippen LogP contribution in [0.1, 0.15) is 25.7 Å². The second-order valence-electron chi connectivity index (χ2n) is 4.99. The highest BCUT2D eigenvalue weighted by atomic mass is 16.2. The first kappa shape index (κ1) is 12.6. The van der Waals surface area contributed by atoms with Crippen molar-refractivity contribution in [2.45, 2.75) is 31.7 Å². The Kier molecular flexibility index (Phi) is 5.07. The molecule has 5 heteroatoms. The number of nitrogens with zero attached hydrogens (tertiary/aromatic N) is 1. The van der Waals surface area contributed by atoms with E-state index in [0.29, 0.717) is 6.04 Å². The number of amides is 2. The lowest BCUT2D eigenvalue weighted by molar-refractivity contribution is 0.231. The summed E-state index contributed by atoms with van der Waals surface area (Å²) in [4.78, 5) is 14.0. The molecule has 2 fully saturated rings. The van der Waals surface area contributed by atoms with Crippen molar-refractivity contribution >= 4 is 6.03 Å². The quantitative estimate of drug-likeness (QED) is 0.655. The van der Waals surface area contributed by atoms with Gasteiger partial charge in [0.1, 0.15) is 0 Å². The van der Waals surface area contributed by atoms with Gasteiger partial charge in [0, 0.05) is 25.7 Å². The van der Waals surface area contributed by atoms with Gasteiger partial charge in [-0.3, -0.25) is 0 Å². The molecule has 1 unspecified atom stereocenters. The summed E-state index contributed by atoms with van der Waals surface area (Å²) >= 11 is 0. The highest BCUT2D eigenvalue weighted by molar-refractivity contribution is 5.74. The van der Waals surface area contributed by atoms with E-state index >= 15 is 0 Å². The molecular weight excluding hydrogens is 216 g/mol. The molecule has 2 aliphatic rings. The Morgan fingerprint density at radius 3 is 2.82 bits per heavy atom. The second kappa shape index (κ2) is 6.81. The average molecular weight is 240 g/mol. The van der Waals surface area contributed by atoms with Gasteiger partial charge in [0.15, 0.2) is 0 Å². The van der Waals surface area contributed by atoms with E-state index in [-0.39, 0.29) is 6.03 Å². The van der Waals surface area contributed by atoms with E-state index in [2.05, 4.69) is 20.9 Å². The molecule has 2 saturated heterocycles. The molecule has 0 aromatic heterocycles. The van der Waals surface area contributed by atoms with Gasteiger partial charge >= 0.3 is 6.03 Å². The van der Waals surface area contributed by atoms with Crippen molar-refractivity contribution in [1.29, 1.82) is 0 Å². The number of hydrogen-bond donors (Lipinski definition) is 3. The fourth-order valence-corrected chi connectivity index (χ4v) is 2.55. The predicted octanol–water partition coefficient (Wildman–Crippen LogP) is 0.133. The van der Waals surface area contributed by atoms with Gasteiger partial charge in [-0.15, -0.1) is 0 Å². The monoisotopic (exact) mass is 240 g/mol. The lowest BCUT2D eigenvalue weighted by Gasteiger charge is -2.24. The van der Waals surface area contributed by atoms with Crippen molar-refractivity contribution in [2.75, 3.05) is 39.3 Å². The Morgan fingerprint density at radius 2 is 2.12 bits per heavy atom. The molecule has 0 aromatic carbocycles. The van der Waals surface area contributed by atoms with Crippen LogP contribution in [0.3, 0.4) is 0 Å². The molecule has 5 nitrogen and oxygen atoms in total. The summed E-state index contributed by atoms with van der Waals surface area (Å²) in [6.07, 6.45) is 4.85. The molecule has 2 amide bonds. The molecule has 17 heavy (non-hydrogen) atoms. The van der Waals surface area contributed by atoms with E-state index in [1.807, 2.05) is 0 Å². The number of piperidine rings is 1. The first-order valence-electron chi connectivity index (χ1n) is 6.82.